The molecular weight excluding hydrogens is 430 g/mol. The van der Waals surface area contributed by atoms with Gasteiger partial charge in [-0.1, -0.05) is 18.2 Å². The lowest BCUT2D eigenvalue weighted by atomic mass is 10.1. The number of benzene rings is 2. The van der Waals surface area contributed by atoms with Crippen LogP contribution in [0.3, 0.4) is 0 Å². The zero-order valence-electron chi connectivity index (χ0n) is 19.0. The van der Waals surface area contributed by atoms with Crippen LogP contribution in [0.2, 0.25) is 0 Å². The summed E-state index contributed by atoms with van der Waals surface area (Å²) < 4.78 is 5.96. The Morgan fingerprint density at radius 1 is 1.18 bits per heavy atom. The molecular formula is C26H27N5O3. The molecule has 4 aromatic rings. The number of nitrogens with one attached hydrogen (secondary N) is 1. The van der Waals surface area contributed by atoms with Crippen LogP contribution in [-0.4, -0.2) is 68.8 Å². The van der Waals surface area contributed by atoms with Crippen LogP contribution in [0.25, 0.3) is 22.0 Å². The monoisotopic (exact) mass is 457 g/mol. The van der Waals surface area contributed by atoms with Crippen LogP contribution in [0.15, 0.2) is 67.0 Å². The Bertz CT molecular complexity index is 1270. The smallest absolute Gasteiger partial charge is 0.248 e. The lowest BCUT2D eigenvalue weighted by molar-refractivity contribution is -0.134. The molecule has 174 valence electrons. The largest absolute Gasteiger partial charge is 0.439 e. The Hall–Kier alpha value is -3.75. The van der Waals surface area contributed by atoms with Crippen molar-refractivity contribution < 1.29 is 14.6 Å². The molecule has 8 nitrogen and oxygen atoms in total. The molecule has 1 saturated heterocycles. The van der Waals surface area contributed by atoms with Gasteiger partial charge in [-0.25, -0.2) is 4.98 Å². The van der Waals surface area contributed by atoms with E-state index in [1.54, 1.807) is 24.3 Å². The summed E-state index contributed by atoms with van der Waals surface area (Å²) in [7, 11) is 1.77. The summed E-state index contributed by atoms with van der Waals surface area (Å²) in [6.45, 7) is 2.15. The number of rotatable bonds is 7. The lowest BCUT2D eigenvalue weighted by Crippen LogP contribution is -2.40. The Morgan fingerprint density at radius 2 is 2.03 bits per heavy atom. The molecule has 1 atom stereocenters. The first-order valence-corrected chi connectivity index (χ1v) is 11.3. The molecule has 5 rings (SSSR count). The molecule has 1 amide bonds. The Kier molecular flexibility index (Phi) is 6.24. The lowest BCUT2D eigenvalue weighted by Gasteiger charge is -2.24. The molecule has 3 heterocycles. The van der Waals surface area contributed by atoms with Gasteiger partial charge in [-0.05, 0) is 53.1 Å². The summed E-state index contributed by atoms with van der Waals surface area (Å²) in [6.07, 6.45) is 4.39. The number of H-pyrrole nitrogens is 1. The van der Waals surface area contributed by atoms with Gasteiger partial charge >= 0.3 is 0 Å². The fourth-order valence-corrected chi connectivity index (χ4v) is 4.42. The van der Waals surface area contributed by atoms with Crippen molar-refractivity contribution in [3.05, 3.63) is 72.6 Å². The number of ether oxygens (including phenoxy) is 1. The maximum absolute atomic E-state index is 11.8. The zero-order valence-corrected chi connectivity index (χ0v) is 19.0. The van der Waals surface area contributed by atoms with E-state index in [0.717, 1.165) is 53.8 Å². The molecule has 0 bridgehead atoms. The van der Waals surface area contributed by atoms with Gasteiger partial charge in [-0.2, -0.15) is 5.10 Å². The minimum absolute atomic E-state index is 0.155. The number of likely N-dealkylation sites (N-methyl/N-ethyl adjacent to an activating group) is 1. The van der Waals surface area contributed by atoms with E-state index >= 15 is 0 Å². The fraction of sp³-hybridized carbons (Fsp3) is 0.269. The summed E-state index contributed by atoms with van der Waals surface area (Å²) in [6, 6.07) is 18.3. The van der Waals surface area contributed by atoms with Crippen LogP contribution in [0.1, 0.15) is 12.0 Å². The molecule has 0 spiro atoms. The number of pyridine rings is 1. The van der Waals surface area contributed by atoms with E-state index in [1.807, 2.05) is 30.3 Å². The molecule has 2 N–H and O–H groups in total. The first-order chi connectivity index (χ1) is 16.6. The van der Waals surface area contributed by atoms with E-state index in [-0.39, 0.29) is 11.9 Å². The van der Waals surface area contributed by atoms with Crippen molar-refractivity contribution in [1.29, 1.82) is 0 Å². The van der Waals surface area contributed by atoms with Crippen molar-refractivity contribution in [1.82, 2.24) is 25.0 Å². The number of hydrogen-bond acceptors (Lipinski definition) is 6. The van der Waals surface area contributed by atoms with Gasteiger partial charge in [0.05, 0.1) is 5.69 Å². The normalized spacial score (nSPS) is 16.1. The SMILES string of the molecule is CN(C(=O)CO)[C@@H]1CCN(Cc2ccc3cc(Oc4ccc(-c5ccn[nH]5)cn4)ccc3c2)C1. The van der Waals surface area contributed by atoms with Crippen LogP contribution in [0, 0.1) is 0 Å². The first-order valence-electron chi connectivity index (χ1n) is 11.3. The summed E-state index contributed by atoms with van der Waals surface area (Å²) in [5.74, 6) is 1.05. The Balaban J connectivity index is 1.23. The Morgan fingerprint density at radius 3 is 2.79 bits per heavy atom. The average Bonchev–Trinajstić information content (AvgIpc) is 3.56. The van der Waals surface area contributed by atoms with Crippen LogP contribution < -0.4 is 4.74 Å². The standard InChI is InChI=1S/C26H27N5O3/c1-30(26(33)17-32)22-9-11-31(16-22)15-18-2-3-20-13-23(6-4-19(20)12-18)34-25-7-5-21(14-27-25)24-8-10-28-29-24/h2-8,10,12-14,22,32H,9,11,15-17H2,1H3,(H,28,29)/t22-/m1/s1. The molecule has 1 aliphatic heterocycles. The summed E-state index contributed by atoms with van der Waals surface area (Å²) in [5.41, 5.74) is 3.09. The van der Waals surface area contributed by atoms with E-state index in [9.17, 15) is 4.79 Å². The number of carbonyl (C=O) groups excluding carboxylic acids is 1. The number of nitrogens with zero attached hydrogens (tertiary/aromatic N) is 4. The van der Waals surface area contributed by atoms with Crippen molar-refractivity contribution in [2.75, 3.05) is 26.7 Å². The van der Waals surface area contributed by atoms with Crippen LogP contribution in [0.4, 0.5) is 0 Å². The van der Waals surface area contributed by atoms with E-state index < -0.39 is 6.61 Å². The number of carbonyl (C=O) groups is 1. The third kappa shape index (κ3) is 4.78. The van der Waals surface area contributed by atoms with E-state index in [2.05, 4.69) is 44.3 Å². The second-order valence-corrected chi connectivity index (χ2v) is 8.64. The summed E-state index contributed by atoms with van der Waals surface area (Å²) >= 11 is 0. The van der Waals surface area contributed by atoms with Crippen molar-refractivity contribution in [3.63, 3.8) is 0 Å². The molecule has 34 heavy (non-hydrogen) atoms. The maximum Gasteiger partial charge on any atom is 0.248 e. The van der Waals surface area contributed by atoms with Crippen molar-refractivity contribution in [2.45, 2.75) is 19.0 Å². The summed E-state index contributed by atoms with van der Waals surface area (Å²) in [4.78, 5) is 20.2. The fourth-order valence-electron chi connectivity index (χ4n) is 4.42. The number of aliphatic hydroxyl groups excluding tert-OH is 1. The molecule has 0 unspecified atom stereocenters. The van der Waals surface area contributed by atoms with Crippen molar-refractivity contribution in [2.24, 2.45) is 0 Å². The minimum Gasteiger partial charge on any atom is -0.439 e. The third-order valence-corrected chi connectivity index (χ3v) is 6.38. The topological polar surface area (TPSA) is 94.6 Å². The first kappa shape index (κ1) is 22.1. The molecule has 8 heteroatoms. The average molecular weight is 458 g/mol. The highest BCUT2D eigenvalue weighted by Crippen LogP contribution is 2.27. The van der Waals surface area contributed by atoms with Gasteiger partial charge in [0.2, 0.25) is 11.8 Å². The Labute approximate surface area is 197 Å². The van der Waals surface area contributed by atoms with Gasteiger partial charge in [-0.3, -0.25) is 14.8 Å². The predicted molar refractivity (Wildman–Crippen MR) is 129 cm³/mol. The predicted octanol–water partition coefficient (Wildman–Crippen LogP) is 3.44. The highest BCUT2D eigenvalue weighted by atomic mass is 16.5. The van der Waals surface area contributed by atoms with E-state index in [1.165, 1.54) is 5.56 Å². The highest BCUT2D eigenvalue weighted by molar-refractivity contribution is 5.84. The van der Waals surface area contributed by atoms with Gasteiger partial charge in [0.1, 0.15) is 12.4 Å². The number of aromatic nitrogens is 3. The maximum atomic E-state index is 11.8. The highest BCUT2D eigenvalue weighted by Gasteiger charge is 2.27. The van der Waals surface area contributed by atoms with Gasteiger partial charge in [0.25, 0.3) is 0 Å². The second kappa shape index (κ2) is 9.62. The van der Waals surface area contributed by atoms with Gasteiger partial charge < -0.3 is 14.7 Å². The summed E-state index contributed by atoms with van der Waals surface area (Å²) in [5, 5.41) is 18.2. The van der Waals surface area contributed by atoms with E-state index in [4.69, 9.17) is 9.84 Å². The number of hydrogen-bond donors (Lipinski definition) is 2. The van der Waals surface area contributed by atoms with Crippen molar-refractivity contribution in [3.8, 4) is 22.9 Å². The van der Waals surface area contributed by atoms with Crippen molar-refractivity contribution >= 4 is 16.7 Å². The quantitative estimate of drug-likeness (QED) is 0.442. The number of amides is 1. The van der Waals surface area contributed by atoms with E-state index in [0.29, 0.717) is 5.88 Å². The zero-order chi connectivity index (χ0) is 23.5. The third-order valence-electron chi connectivity index (χ3n) is 6.38. The number of likely N-dealkylation sites (tertiary alicyclic amines) is 1. The number of aromatic amines is 1. The molecule has 1 fully saturated rings. The van der Waals surface area contributed by atoms with Gasteiger partial charge in [0, 0.05) is 56.7 Å². The van der Waals surface area contributed by atoms with Gasteiger partial charge in [0.15, 0.2) is 0 Å². The van der Waals surface area contributed by atoms with Crippen LogP contribution >= 0.6 is 0 Å². The van der Waals surface area contributed by atoms with Crippen LogP contribution in [0.5, 0.6) is 11.6 Å². The van der Waals surface area contributed by atoms with Gasteiger partial charge in [-0.15, -0.1) is 0 Å². The molecule has 0 aliphatic carbocycles. The number of aliphatic hydroxyl groups is 1. The molecule has 1 aliphatic rings. The second-order valence-electron chi connectivity index (χ2n) is 8.64. The molecule has 0 saturated carbocycles. The minimum atomic E-state index is -0.435. The molecule has 2 aromatic heterocycles. The number of fused-ring (bicyclic) bond motifs is 1. The molecule has 2 aromatic carbocycles. The molecule has 0 radical (unpaired) electrons. The van der Waals surface area contributed by atoms with Crippen LogP contribution in [-0.2, 0) is 11.3 Å².